The van der Waals surface area contributed by atoms with E-state index in [1.165, 1.54) is 18.3 Å². The van der Waals surface area contributed by atoms with Crippen molar-refractivity contribution in [3.05, 3.63) is 56.5 Å². The number of halogens is 5. The van der Waals surface area contributed by atoms with Crippen molar-refractivity contribution >= 4 is 49.7 Å². The smallest absolute Gasteiger partial charge is 0.416 e. The number of carbonyl (C=O) groups excluding carboxylic acids is 1. The molecule has 2 aromatic carbocycles. The number of nitrogens with zero attached hydrogens (tertiary/aromatic N) is 1. The largest absolute Gasteiger partial charge is 0.506 e. The van der Waals surface area contributed by atoms with Crippen LogP contribution >= 0.6 is 31.9 Å². The van der Waals surface area contributed by atoms with E-state index in [9.17, 15) is 23.1 Å². The molecule has 2 aromatic rings. The van der Waals surface area contributed by atoms with E-state index in [1.54, 1.807) is 12.1 Å². The van der Waals surface area contributed by atoms with Crippen molar-refractivity contribution < 1.29 is 23.1 Å². The van der Waals surface area contributed by atoms with Gasteiger partial charge in [0.25, 0.3) is 5.91 Å². The predicted octanol–water partition coefficient (Wildman–Crippen LogP) is 4.50. The quantitative estimate of drug-likeness (QED) is 0.423. The van der Waals surface area contributed by atoms with E-state index >= 15 is 0 Å². The van der Waals surface area contributed by atoms with Gasteiger partial charge in [0.15, 0.2) is 0 Å². The van der Waals surface area contributed by atoms with Gasteiger partial charge in [0.05, 0.1) is 27.3 Å². The molecule has 0 radical (unpaired) electrons. The molecule has 0 aliphatic carbocycles. The van der Waals surface area contributed by atoms with Crippen LogP contribution in [-0.4, -0.2) is 23.8 Å². The predicted molar refractivity (Wildman–Crippen MR) is 99.2 cm³/mol. The fraction of sp³-hybridized carbons (Fsp3) is 0.125. The molecule has 3 N–H and O–H groups in total. The Bertz CT molecular complexity index is 801. The monoisotopic (exact) mass is 493 g/mol. The summed E-state index contributed by atoms with van der Waals surface area (Å²) in [5.41, 5.74) is 2.53. The first-order chi connectivity index (χ1) is 12.2. The van der Waals surface area contributed by atoms with Gasteiger partial charge in [-0.25, -0.2) is 5.43 Å². The lowest BCUT2D eigenvalue weighted by molar-refractivity contribution is -0.137. The first-order valence-corrected chi connectivity index (χ1v) is 8.66. The number of nitrogens with one attached hydrogen (secondary N) is 2. The van der Waals surface area contributed by atoms with Gasteiger partial charge >= 0.3 is 6.18 Å². The van der Waals surface area contributed by atoms with Gasteiger partial charge in [-0.05, 0) is 73.8 Å². The topological polar surface area (TPSA) is 73.7 Å². The second-order valence-corrected chi connectivity index (χ2v) is 6.76. The van der Waals surface area contributed by atoms with Crippen molar-refractivity contribution in [2.45, 2.75) is 6.18 Å². The highest BCUT2D eigenvalue weighted by Gasteiger charge is 2.29. The lowest BCUT2D eigenvalue weighted by Gasteiger charge is -2.09. The van der Waals surface area contributed by atoms with E-state index in [4.69, 9.17) is 0 Å². The van der Waals surface area contributed by atoms with Gasteiger partial charge in [0, 0.05) is 5.69 Å². The molecule has 0 atom stereocenters. The maximum Gasteiger partial charge on any atom is 0.416 e. The third-order valence-corrected chi connectivity index (χ3v) is 4.32. The van der Waals surface area contributed by atoms with E-state index in [1.807, 2.05) is 0 Å². The van der Waals surface area contributed by atoms with Crippen LogP contribution in [0.4, 0.5) is 18.9 Å². The number of alkyl halides is 3. The highest BCUT2D eigenvalue weighted by molar-refractivity contribution is 9.11. The van der Waals surface area contributed by atoms with Crippen LogP contribution < -0.4 is 10.7 Å². The molecule has 1 amide bonds. The van der Waals surface area contributed by atoms with E-state index < -0.39 is 17.6 Å². The molecule has 0 bridgehead atoms. The standard InChI is InChI=1S/C16H12Br2F3N3O2/c17-12-5-9(6-13(18)15(12)26)7-23-24-14(25)8-22-11-3-1-10(2-4-11)16(19,20)21/h1-7,22,26H,8H2,(H,24,25)/b23-7+. The molecule has 0 heterocycles. The first kappa shape index (κ1) is 20.2. The Morgan fingerprint density at radius 3 is 2.27 bits per heavy atom. The minimum Gasteiger partial charge on any atom is -0.506 e. The summed E-state index contributed by atoms with van der Waals surface area (Å²) in [5, 5.41) is 16.1. The Morgan fingerprint density at radius 1 is 1.15 bits per heavy atom. The van der Waals surface area contributed by atoms with E-state index in [2.05, 4.69) is 47.7 Å². The molecule has 0 saturated heterocycles. The molecule has 10 heteroatoms. The second-order valence-electron chi connectivity index (χ2n) is 5.05. The average Bonchev–Trinajstić information content (AvgIpc) is 2.57. The summed E-state index contributed by atoms with van der Waals surface area (Å²) in [6.45, 7) is -0.161. The lowest BCUT2D eigenvalue weighted by atomic mass is 10.2. The average molecular weight is 495 g/mol. The molecule has 5 nitrogen and oxygen atoms in total. The van der Waals surface area contributed by atoms with Gasteiger partial charge in [-0.3, -0.25) is 4.79 Å². The van der Waals surface area contributed by atoms with Crippen LogP contribution in [0.25, 0.3) is 0 Å². The minimum atomic E-state index is -4.40. The third-order valence-electron chi connectivity index (χ3n) is 3.11. The molecule has 0 aliphatic rings. The van der Waals surface area contributed by atoms with E-state index in [0.717, 1.165) is 12.1 Å². The highest BCUT2D eigenvalue weighted by atomic mass is 79.9. The van der Waals surface area contributed by atoms with Crippen LogP contribution in [0, 0.1) is 0 Å². The summed E-state index contributed by atoms with van der Waals surface area (Å²) in [6.07, 6.45) is -3.02. The molecule has 0 fully saturated rings. The Kier molecular flexibility index (Phi) is 6.65. The summed E-state index contributed by atoms with van der Waals surface area (Å²) >= 11 is 6.35. The minimum absolute atomic E-state index is 0.0481. The third kappa shape index (κ3) is 5.73. The summed E-state index contributed by atoms with van der Waals surface area (Å²) in [6, 6.07) is 7.56. The molecule has 0 saturated carbocycles. The van der Waals surface area contributed by atoms with Crippen LogP contribution in [0.1, 0.15) is 11.1 Å². The molecule has 0 aliphatic heterocycles. The number of hydrogen-bond donors (Lipinski definition) is 3. The number of amides is 1. The Balaban J connectivity index is 1.85. The zero-order valence-corrected chi connectivity index (χ0v) is 16.1. The van der Waals surface area contributed by atoms with Crippen LogP contribution in [-0.2, 0) is 11.0 Å². The summed E-state index contributed by atoms with van der Waals surface area (Å²) in [7, 11) is 0. The molecule has 2 rings (SSSR count). The number of carbonyl (C=O) groups is 1. The molecule has 0 unspecified atom stereocenters. The zero-order chi connectivity index (χ0) is 19.3. The molecule has 0 aromatic heterocycles. The van der Waals surface area contributed by atoms with Crippen molar-refractivity contribution in [2.24, 2.45) is 5.10 Å². The number of rotatable bonds is 5. The SMILES string of the molecule is O=C(CNc1ccc(C(F)(F)F)cc1)N/N=C/c1cc(Br)c(O)c(Br)c1. The Labute approximate surface area is 163 Å². The Morgan fingerprint density at radius 2 is 1.73 bits per heavy atom. The van der Waals surface area contributed by atoms with Gasteiger partial charge in [-0.2, -0.15) is 18.3 Å². The van der Waals surface area contributed by atoms with Crippen molar-refractivity contribution in [1.29, 1.82) is 0 Å². The van der Waals surface area contributed by atoms with Crippen LogP contribution in [0.5, 0.6) is 5.75 Å². The van der Waals surface area contributed by atoms with Crippen LogP contribution in [0.2, 0.25) is 0 Å². The van der Waals surface area contributed by atoms with Gasteiger partial charge < -0.3 is 10.4 Å². The van der Waals surface area contributed by atoms with Gasteiger partial charge in [0.2, 0.25) is 0 Å². The first-order valence-electron chi connectivity index (χ1n) is 7.08. The summed E-state index contributed by atoms with van der Waals surface area (Å²) < 4.78 is 38.3. The second kappa shape index (κ2) is 8.54. The zero-order valence-electron chi connectivity index (χ0n) is 12.9. The van der Waals surface area contributed by atoms with Crippen molar-refractivity contribution in [2.75, 3.05) is 11.9 Å². The van der Waals surface area contributed by atoms with Gasteiger partial charge in [-0.15, -0.1) is 0 Å². The van der Waals surface area contributed by atoms with Gasteiger partial charge in [0.1, 0.15) is 5.75 Å². The molecule has 26 heavy (non-hydrogen) atoms. The number of phenolic OH excluding ortho intramolecular Hbond substituents is 1. The number of anilines is 1. The number of phenols is 1. The van der Waals surface area contributed by atoms with E-state index in [0.29, 0.717) is 20.2 Å². The highest BCUT2D eigenvalue weighted by Crippen LogP contribution is 2.32. The fourth-order valence-corrected chi connectivity index (χ4v) is 3.06. The summed E-state index contributed by atoms with van der Waals surface area (Å²) in [4.78, 5) is 11.7. The fourth-order valence-electron chi connectivity index (χ4n) is 1.84. The number of benzene rings is 2. The number of hydrazone groups is 1. The van der Waals surface area contributed by atoms with Crippen molar-refractivity contribution in [3.63, 3.8) is 0 Å². The van der Waals surface area contributed by atoms with Crippen LogP contribution in [0.3, 0.4) is 0 Å². The molecular weight excluding hydrogens is 483 g/mol. The number of aromatic hydroxyl groups is 1. The Hall–Kier alpha value is -2.07. The van der Waals surface area contributed by atoms with E-state index in [-0.39, 0.29) is 12.3 Å². The summed E-state index contributed by atoms with van der Waals surface area (Å²) in [5.74, 6) is -0.426. The lowest BCUT2D eigenvalue weighted by Crippen LogP contribution is -2.25. The van der Waals surface area contributed by atoms with Gasteiger partial charge in [-0.1, -0.05) is 0 Å². The van der Waals surface area contributed by atoms with Crippen molar-refractivity contribution in [1.82, 2.24) is 5.43 Å². The van der Waals surface area contributed by atoms with Crippen LogP contribution in [0.15, 0.2) is 50.4 Å². The molecular formula is C16H12Br2F3N3O2. The maximum atomic E-state index is 12.5. The molecule has 0 spiro atoms. The normalized spacial score (nSPS) is 11.6. The van der Waals surface area contributed by atoms with Crippen molar-refractivity contribution in [3.8, 4) is 5.75 Å². The number of hydrogen-bond acceptors (Lipinski definition) is 4. The molecule has 138 valence electrons. The maximum absolute atomic E-state index is 12.5.